The van der Waals surface area contributed by atoms with Crippen molar-refractivity contribution in [3.63, 3.8) is 0 Å². The zero-order valence-electron chi connectivity index (χ0n) is 23.5. The molecule has 3 unspecified atom stereocenters. The van der Waals surface area contributed by atoms with Gasteiger partial charge in [0.25, 0.3) is 6.35 Å². The van der Waals surface area contributed by atoms with E-state index in [-0.39, 0.29) is 24.2 Å². The first-order valence-electron chi connectivity index (χ1n) is 12.7. The smallest absolute Gasteiger partial charge is 0.464 e. The fraction of sp³-hybridized carbons (Fsp3) is 0.520. The number of carbonyl (C=O) groups excluding carboxylic acids is 1. The van der Waals surface area contributed by atoms with E-state index in [1.54, 1.807) is 31.7 Å². The van der Waals surface area contributed by atoms with Gasteiger partial charge in [-0.25, -0.2) is 19.7 Å². The zero-order valence-corrected chi connectivity index (χ0v) is 24.4. The van der Waals surface area contributed by atoms with Gasteiger partial charge >= 0.3 is 20.3 Å². The molecule has 2 heterocycles. The van der Waals surface area contributed by atoms with Gasteiger partial charge in [0, 0.05) is 6.04 Å². The van der Waals surface area contributed by atoms with Gasteiger partial charge in [-0.1, -0.05) is 24.1 Å². The number of nitrogens with zero attached hydrogens (tertiary/aromatic N) is 4. The maximum Gasteiger partial charge on any atom is 0.573 e. The summed E-state index contributed by atoms with van der Waals surface area (Å²) in [7, 11) is -1.95. The first-order chi connectivity index (χ1) is 19.1. The molecule has 5 N–H and O–H groups in total. The van der Waals surface area contributed by atoms with Crippen molar-refractivity contribution in [1.29, 1.82) is 0 Å². The number of benzene rings is 1. The van der Waals surface area contributed by atoms with E-state index in [0.717, 1.165) is 12.0 Å². The molecule has 0 saturated carbocycles. The third-order valence-corrected chi connectivity index (χ3v) is 6.54. The Morgan fingerprint density at radius 3 is 2.39 bits per heavy atom. The van der Waals surface area contributed by atoms with Crippen LogP contribution in [0.3, 0.4) is 0 Å². The predicted octanol–water partition coefficient (Wildman–Crippen LogP) is 4.44. The van der Waals surface area contributed by atoms with E-state index in [4.69, 9.17) is 20.9 Å². The average molecular weight is 603 g/mol. The topological polar surface area (TPSA) is 170 Å². The van der Waals surface area contributed by atoms with Gasteiger partial charge in [-0.2, -0.15) is 0 Å². The van der Waals surface area contributed by atoms with Crippen molar-refractivity contribution in [2.45, 2.75) is 71.6 Å². The summed E-state index contributed by atoms with van der Waals surface area (Å²) in [5.74, 6) is -0.360. The van der Waals surface area contributed by atoms with Crippen molar-refractivity contribution in [1.82, 2.24) is 24.6 Å². The summed E-state index contributed by atoms with van der Waals surface area (Å²) in [4.78, 5) is 24.2. The molecule has 0 spiro atoms. The molecule has 1 aromatic carbocycles. The first kappa shape index (κ1) is 33.8. The highest BCUT2D eigenvalue weighted by Gasteiger charge is 2.37. The van der Waals surface area contributed by atoms with E-state index in [9.17, 15) is 22.5 Å². The van der Waals surface area contributed by atoms with Gasteiger partial charge in [0.05, 0.1) is 25.6 Å². The standard InChI is InChI=1S/C16H26N6O4P.C9H10F3NO/c1-5-6-25-15(23)16(3,4)21-27(24)10-26-11(2)7-22-9-20-12-13(17)18-8-19-14(12)22;1-6(13)7-2-4-8(5-3-7)14-9(10,11)12/h8-9,11H,5-7,10H2,1-4H3,(H,21,24)(H2,17,18,19);2-6H,13H2,1H3/q+1;. The SMILES string of the molecule is CC(N)c1ccc(OC(F)(F)F)cc1.CCCOC(=O)C(C)(C)N[P+](=O)COC(C)Cn1cnc2c(N)ncnc21. The van der Waals surface area contributed by atoms with Crippen molar-refractivity contribution in [3.05, 3.63) is 42.5 Å². The molecule has 0 saturated heterocycles. The van der Waals surface area contributed by atoms with E-state index in [0.29, 0.717) is 30.1 Å². The molecule has 3 aromatic rings. The number of carbonyl (C=O) groups is 1. The summed E-state index contributed by atoms with van der Waals surface area (Å²) >= 11 is 0. The number of ether oxygens (including phenoxy) is 3. The summed E-state index contributed by atoms with van der Waals surface area (Å²) in [6.07, 6.45) is -1.22. The van der Waals surface area contributed by atoms with Crippen LogP contribution in [0.1, 0.15) is 52.6 Å². The molecule has 3 atom stereocenters. The maximum atomic E-state index is 12.2. The molecular formula is C25H36F3N7O5P+. The Bertz CT molecular complexity index is 1290. The summed E-state index contributed by atoms with van der Waals surface area (Å²) in [5.41, 5.74) is 12.2. The summed E-state index contributed by atoms with van der Waals surface area (Å²) in [5, 5.41) is 2.77. The van der Waals surface area contributed by atoms with Gasteiger partial charge in [-0.15, -0.1) is 13.2 Å². The molecule has 0 amide bonds. The Morgan fingerprint density at radius 2 is 1.80 bits per heavy atom. The van der Waals surface area contributed by atoms with Crippen molar-refractivity contribution < 1.29 is 36.7 Å². The lowest BCUT2D eigenvalue weighted by molar-refractivity contribution is -0.274. The molecule has 0 aliphatic heterocycles. The highest BCUT2D eigenvalue weighted by molar-refractivity contribution is 7.42. The lowest BCUT2D eigenvalue weighted by Gasteiger charge is -2.18. The minimum absolute atomic E-state index is 0.0370. The molecule has 0 aliphatic rings. The second kappa shape index (κ2) is 15.0. The number of nitrogens with one attached hydrogen (secondary N) is 1. The molecule has 41 heavy (non-hydrogen) atoms. The maximum absolute atomic E-state index is 12.2. The Balaban J connectivity index is 0.000000353. The average Bonchev–Trinajstić information content (AvgIpc) is 3.29. The van der Waals surface area contributed by atoms with E-state index < -0.39 is 25.8 Å². The van der Waals surface area contributed by atoms with Crippen molar-refractivity contribution in [2.24, 2.45) is 5.73 Å². The van der Waals surface area contributed by atoms with E-state index in [1.807, 2.05) is 13.8 Å². The Labute approximate surface area is 236 Å². The van der Waals surface area contributed by atoms with Gasteiger partial charge in [-0.05, 0) is 56.4 Å². The number of fused-ring (bicyclic) bond motifs is 1. The molecule has 226 valence electrons. The van der Waals surface area contributed by atoms with E-state index in [1.165, 1.54) is 30.6 Å². The number of imidazole rings is 1. The lowest BCUT2D eigenvalue weighted by atomic mass is 10.1. The summed E-state index contributed by atoms with van der Waals surface area (Å²) < 4.78 is 63.7. The van der Waals surface area contributed by atoms with Crippen molar-refractivity contribution in [3.8, 4) is 5.75 Å². The molecule has 3 rings (SSSR count). The number of rotatable bonds is 12. The van der Waals surface area contributed by atoms with Crippen LogP contribution in [0.2, 0.25) is 0 Å². The van der Waals surface area contributed by atoms with Crippen molar-refractivity contribution >= 4 is 30.9 Å². The fourth-order valence-corrected chi connectivity index (χ4v) is 4.46. The minimum Gasteiger partial charge on any atom is -0.464 e. The minimum atomic E-state index is -4.64. The molecule has 2 aromatic heterocycles. The van der Waals surface area contributed by atoms with Crippen LogP contribution >= 0.6 is 7.95 Å². The number of halogens is 3. The van der Waals surface area contributed by atoms with Gasteiger partial charge in [0.15, 0.2) is 17.0 Å². The summed E-state index contributed by atoms with van der Waals surface area (Å²) in [6.45, 7) is 9.55. The number of aromatic nitrogens is 4. The molecule has 0 fully saturated rings. The monoisotopic (exact) mass is 602 g/mol. The number of alkyl halides is 3. The van der Waals surface area contributed by atoms with Crippen LogP contribution in [0, 0.1) is 0 Å². The van der Waals surface area contributed by atoms with Crippen molar-refractivity contribution in [2.75, 3.05) is 18.7 Å². The van der Waals surface area contributed by atoms with E-state index in [2.05, 4.69) is 24.8 Å². The normalized spacial score (nSPS) is 13.6. The van der Waals surface area contributed by atoms with E-state index >= 15 is 0 Å². The molecule has 0 aliphatic carbocycles. The van der Waals surface area contributed by atoms with Crippen LogP contribution in [-0.2, 0) is 25.4 Å². The Kier molecular flexibility index (Phi) is 12.4. The Morgan fingerprint density at radius 1 is 1.15 bits per heavy atom. The van der Waals surface area contributed by atoms with Crippen LogP contribution in [-0.4, -0.2) is 56.4 Å². The number of hydrogen-bond donors (Lipinski definition) is 3. The van der Waals surface area contributed by atoms with Crippen LogP contribution in [0.4, 0.5) is 19.0 Å². The zero-order chi connectivity index (χ0) is 30.8. The number of nitrogen functional groups attached to an aromatic ring is 1. The van der Waals surface area contributed by atoms with Crippen LogP contribution < -0.4 is 21.3 Å². The molecule has 12 nitrogen and oxygen atoms in total. The number of anilines is 1. The van der Waals surface area contributed by atoms with Crippen LogP contribution in [0.15, 0.2) is 36.9 Å². The largest absolute Gasteiger partial charge is 0.573 e. The van der Waals surface area contributed by atoms with Gasteiger partial charge < -0.3 is 30.2 Å². The van der Waals surface area contributed by atoms with Crippen LogP contribution in [0.5, 0.6) is 5.75 Å². The highest BCUT2D eigenvalue weighted by Crippen LogP contribution is 2.24. The third kappa shape index (κ3) is 11.2. The lowest BCUT2D eigenvalue weighted by Crippen LogP contribution is -2.44. The van der Waals surface area contributed by atoms with Gasteiger partial charge in [0.2, 0.25) is 0 Å². The molecular weight excluding hydrogens is 566 g/mol. The second-order valence-electron chi connectivity index (χ2n) is 9.59. The Hall–Kier alpha value is -3.39. The highest BCUT2D eigenvalue weighted by atomic mass is 31.1. The number of hydrogen-bond acceptors (Lipinski definition) is 10. The second-order valence-corrected chi connectivity index (χ2v) is 10.8. The third-order valence-electron chi connectivity index (χ3n) is 5.35. The number of nitrogens with two attached hydrogens (primary N) is 2. The van der Waals surface area contributed by atoms with Crippen LogP contribution in [0.25, 0.3) is 11.2 Å². The molecule has 16 heteroatoms. The molecule has 0 bridgehead atoms. The van der Waals surface area contributed by atoms with Gasteiger partial charge in [-0.3, -0.25) is 0 Å². The first-order valence-corrected chi connectivity index (χ1v) is 14.1. The number of esters is 1. The predicted molar refractivity (Wildman–Crippen MR) is 147 cm³/mol. The fourth-order valence-electron chi connectivity index (χ4n) is 3.29. The van der Waals surface area contributed by atoms with Gasteiger partial charge in [0.1, 0.15) is 17.6 Å². The summed E-state index contributed by atoms with van der Waals surface area (Å²) in [6, 6.07) is 5.30. The quantitative estimate of drug-likeness (QED) is 0.198. The molecule has 0 radical (unpaired) electrons.